The third-order valence-electron chi connectivity index (χ3n) is 3.09. The summed E-state index contributed by atoms with van der Waals surface area (Å²) < 4.78 is 6.82. The van der Waals surface area contributed by atoms with Crippen LogP contribution in [-0.2, 0) is 6.42 Å². The number of hydrogen-bond donors (Lipinski definition) is 2. The average molecular weight is 325 g/mol. The average Bonchev–Trinajstić information content (AvgIpc) is 2.99. The van der Waals surface area contributed by atoms with Crippen molar-refractivity contribution < 1.29 is 4.74 Å². The highest BCUT2D eigenvalue weighted by Crippen LogP contribution is 2.38. The minimum Gasteiger partial charge on any atom is -0.493 e. The molecule has 0 bridgehead atoms. The summed E-state index contributed by atoms with van der Waals surface area (Å²) in [6, 6.07) is 8.32. The number of benzene rings is 1. The van der Waals surface area contributed by atoms with Crippen molar-refractivity contribution in [1.82, 2.24) is 5.43 Å². The van der Waals surface area contributed by atoms with E-state index in [9.17, 15) is 0 Å². The summed E-state index contributed by atoms with van der Waals surface area (Å²) in [6.45, 7) is 0.762. The van der Waals surface area contributed by atoms with Crippen molar-refractivity contribution in [2.45, 2.75) is 12.5 Å². The summed E-state index contributed by atoms with van der Waals surface area (Å²) in [7, 11) is 0. The van der Waals surface area contributed by atoms with Crippen LogP contribution in [0.1, 0.15) is 22.0 Å². The molecular formula is C13H13BrN2OS. The van der Waals surface area contributed by atoms with Crippen molar-refractivity contribution in [3.8, 4) is 5.75 Å². The fraction of sp³-hybridized carbons (Fsp3) is 0.231. The summed E-state index contributed by atoms with van der Waals surface area (Å²) in [6.07, 6.45) is 0.981. The molecule has 0 spiro atoms. The number of fused-ring (bicyclic) bond motifs is 1. The number of rotatable bonds is 3. The van der Waals surface area contributed by atoms with Gasteiger partial charge in [0.05, 0.1) is 12.6 Å². The van der Waals surface area contributed by atoms with Gasteiger partial charge in [0.25, 0.3) is 0 Å². The summed E-state index contributed by atoms with van der Waals surface area (Å²) in [4.78, 5) is 1.17. The van der Waals surface area contributed by atoms with E-state index in [1.165, 1.54) is 10.4 Å². The van der Waals surface area contributed by atoms with Crippen molar-refractivity contribution in [3.05, 3.63) is 50.1 Å². The van der Waals surface area contributed by atoms with Gasteiger partial charge in [-0.15, -0.1) is 11.3 Å². The van der Waals surface area contributed by atoms with Crippen LogP contribution in [0.5, 0.6) is 5.75 Å². The van der Waals surface area contributed by atoms with Crippen LogP contribution in [0.2, 0.25) is 0 Å². The lowest BCUT2D eigenvalue weighted by Crippen LogP contribution is -2.28. The van der Waals surface area contributed by atoms with E-state index >= 15 is 0 Å². The van der Waals surface area contributed by atoms with Gasteiger partial charge in [-0.2, -0.15) is 0 Å². The molecule has 1 atom stereocenters. The zero-order chi connectivity index (χ0) is 12.5. The van der Waals surface area contributed by atoms with Crippen molar-refractivity contribution in [2.24, 2.45) is 5.84 Å². The largest absolute Gasteiger partial charge is 0.493 e. The maximum Gasteiger partial charge on any atom is 0.127 e. The molecule has 0 fully saturated rings. The predicted molar refractivity (Wildman–Crippen MR) is 76.8 cm³/mol. The van der Waals surface area contributed by atoms with E-state index in [1.807, 2.05) is 0 Å². The van der Waals surface area contributed by atoms with Crippen LogP contribution in [0.15, 0.2) is 34.1 Å². The highest BCUT2D eigenvalue weighted by atomic mass is 79.9. The van der Waals surface area contributed by atoms with Gasteiger partial charge < -0.3 is 4.74 Å². The van der Waals surface area contributed by atoms with Crippen molar-refractivity contribution in [3.63, 3.8) is 0 Å². The van der Waals surface area contributed by atoms with E-state index in [4.69, 9.17) is 10.6 Å². The summed E-state index contributed by atoms with van der Waals surface area (Å²) in [5, 5.41) is 2.06. The van der Waals surface area contributed by atoms with E-state index in [1.54, 1.807) is 11.3 Å². The molecule has 5 heteroatoms. The zero-order valence-corrected chi connectivity index (χ0v) is 12.1. The first kappa shape index (κ1) is 12.2. The molecule has 18 heavy (non-hydrogen) atoms. The lowest BCUT2D eigenvalue weighted by Gasteiger charge is -2.17. The Labute approximate surface area is 118 Å². The minimum atomic E-state index is -0.0191. The molecule has 0 saturated carbocycles. The monoisotopic (exact) mass is 324 g/mol. The molecule has 1 aromatic carbocycles. The second kappa shape index (κ2) is 5.01. The predicted octanol–water partition coefficient (Wildman–Crippen LogP) is 3.00. The Hall–Kier alpha value is -0.880. The Bertz CT molecular complexity index is 570. The first-order valence-corrected chi connectivity index (χ1v) is 7.41. The number of halogens is 1. The number of ether oxygens (including phenoxy) is 1. The minimum absolute atomic E-state index is 0.0191. The van der Waals surface area contributed by atoms with Gasteiger partial charge in [0.1, 0.15) is 5.75 Å². The molecule has 1 unspecified atom stereocenters. The van der Waals surface area contributed by atoms with E-state index in [0.717, 1.165) is 28.8 Å². The van der Waals surface area contributed by atoms with Crippen LogP contribution in [0, 0.1) is 0 Å². The van der Waals surface area contributed by atoms with Gasteiger partial charge in [-0.05, 0) is 27.6 Å². The van der Waals surface area contributed by atoms with Crippen LogP contribution in [0.25, 0.3) is 0 Å². The maximum atomic E-state index is 5.74. The van der Waals surface area contributed by atoms with Gasteiger partial charge in [-0.3, -0.25) is 5.84 Å². The molecule has 1 aliphatic rings. The molecule has 3 nitrogen and oxygen atoms in total. The quantitative estimate of drug-likeness (QED) is 0.674. The zero-order valence-electron chi connectivity index (χ0n) is 9.65. The first-order chi connectivity index (χ1) is 8.79. The van der Waals surface area contributed by atoms with Crippen LogP contribution < -0.4 is 16.0 Å². The second-order valence-corrected chi connectivity index (χ2v) is 6.06. The summed E-state index contributed by atoms with van der Waals surface area (Å²) in [5.74, 6) is 6.72. The lowest BCUT2D eigenvalue weighted by molar-refractivity contribution is 0.350. The number of para-hydroxylation sites is 1. The Balaban J connectivity index is 2.05. The topological polar surface area (TPSA) is 47.3 Å². The molecule has 3 rings (SSSR count). The standard InChI is InChI=1S/C13H13BrN2OS/c14-9-6-11(18-7-9)12(16-15)10-3-1-2-8-4-5-17-13(8)10/h1-3,6-7,12,16H,4-5,15H2. The smallest absolute Gasteiger partial charge is 0.127 e. The van der Waals surface area contributed by atoms with Crippen LogP contribution in [0.4, 0.5) is 0 Å². The van der Waals surface area contributed by atoms with Crippen molar-refractivity contribution in [1.29, 1.82) is 0 Å². The fourth-order valence-electron chi connectivity index (χ4n) is 2.27. The fourth-order valence-corrected chi connectivity index (χ4v) is 3.79. The first-order valence-electron chi connectivity index (χ1n) is 5.74. The molecule has 0 saturated heterocycles. The summed E-state index contributed by atoms with van der Waals surface area (Å²) in [5.41, 5.74) is 5.27. The molecule has 0 amide bonds. The van der Waals surface area contributed by atoms with Crippen LogP contribution in [0.3, 0.4) is 0 Å². The van der Waals surface area contributed by atoms with Crippen molar-refractivity contribution in [2.75, 3.05) is 6.61 Å². The maximum absolute atomic E-state index is 5.74. The Morgan fingerprint density at radius 1 is 1.44 bits per heavy atom. The Kier molecular flexibility index (Phi) is 3.39. The third-order valence-corrected chi connectivity index (χ3v) is 4.85. The Morgan fingerprint density at radius 2 is 2.33 bits per heavy atom. The lowest BCUT2D eigenvalue weighted by atomic mass is 10.0. The number of nitrogens with one attached hydrogen (secondary N) is 1. The van der Waals surface area contributed by atoms with Gasteiger partial charge in [0, 0.05) is 26.7 Å². The highest BCUT2D eigenvalue weighted by molar-refractivity contribution is 9.10. The number of hydrazine groups is 1. The molecule has 1 aliphatic heterocycles. The SMILES string of the molecule is NNC(c1cc(Br)cs1)c1cccc2c1OCC2. The highest BCUT2D eigenvalue weighted by Gasteiger charge is 2.23. The van der Waals surface area contributed by atoms with Gasteiger partial charge in [0.15, 0.2) is 0 Å². The normalized spacial score (nSPS) is 15.2. The molecule has 2 aromatic rings. The van der Waals surface area contributed by atoms with Crippen LogP contribution >= 0.6 is 27.3 Å². The van der Waals surface area contributed by atoms with Gasteiger partial charge in [0.2, 0.25) is 0 Å². The summed E-state index contributed by atoms with van der Waals surface area (Å²) >= 11 is 5.15. The third kappa shape index (κ3) is 2.07. The molecule has 3 N–H and O–H groups in total. The molecule has 2 heterocycles. The van der Waals surface area contributed by atoms with E-state index in [-0.39, 0.29) is 6.04 Å². The van der Waals surface area contributed by atoms with Gasteiger partial charge in [-0.25, -0.2) is 5.43 Å². The number of thiophene rings is 1. The van der Waals surface area contributed by atoms with Gasteiger partial charge in [-0.1, -0.05) is 18.2 Å². The molecular weight excluding hydrogens is 312 g/mol. The molecule has 1 aromatic heterocycles. The number of hydrogen-bond acceptors (Lipinski definition) is 4. The molecule has 0 radical (unpaired) electrons. The van der Waals surface area contributed by atoms with E-state index in [2.05, 4.69) is 51.0 Å². The molecule has 0 aliphatic carbocycles. The Morgan fingerprint density at radius 3 is 3.06 bits per heavy atom. The second-order valence-electron chi connectivity index (χ2n) is 4.20. The van der Waals surface area contributed by atoms with E-state index in [0.29, 0.717) is 0 Å². The molecule has 94 valence electrons. The van der Waals surface area contributed by atoms with Gasteiger partial charge >= 0.3 is 0 Å². The van der Waals surface area contributed by atoms with Crippen molar-refractivity contribution >= 4 is 27.3 Å². The van der Waals surface area contributed by atoms with Crippen LogP contribution in [-0.4, -0.2) is 6.61 Å². The number of nitrogens with two attached hydrogens (primary N) is 1. The van der Waals surface area contributed by atoms with E-state index < -0.39 is 0 Å².